The fourth-order valence-corrected chi connectivity index (χ4v) is 7.27. The first-order chi connectivity index (χ1) is 21.1. The second kappa shape index (κ2) is 12.1. The van der Waals surface area contributed by atoms with Gasteiger partial charge in [0.05, 0.1) is 29.8 Å². The highest BCUT2D eigenvalue weighted by Gasteiger charge is 2.56. The van der Waals surface area contributed by atoms with E-state index in [2.05, 4.69) is 5.32 Å². The number of carbonyl (C=O) groups is 2. The highest BCUT2D eigenvalue weighted by molar-refractivity contribution is 6.19. The third-order valence-electron chi connectivity index (χ3n) is 9.76. The van der Waals surface area contributed by atoms with Crippen LogP contribution < -0.4 is 15.8 Å². The lowest BCUT2D eigenvalue weighted by Crippen LogP contribution is -2.68. The number of hydrogen-bond acceptors (Lipinski definition) is 11. The van der Waals surface area contributed by atoms with Crippen LogP contribution in [0.3, 0.4) is 0 Å². The smallest absolute Gasteiger partial charge is 0.229 e. The van der Waals surface area contributed by atoms with Gasteiger partial charge in [-0.25, -0.2) is 0 Å². The van der Waals surface area contributed by atoms with Gasteiger partial charge in [-0.05, 0) is 61.0 Å². The summed E-state index contributed by atoms with van der Waals surface area (Å²) in [6.07, 6.45) is 6.04. The number of nitrogens with two attached hydrogens (primary N) is 1. The predicted molar refractivity (Wildman–Crippen MR) is 158 cm³/mol. The van der Waals surface area contributed by atoms with Crippen LogP contribution in [0.2, 0.25) is 0 Å². The topological polar surface area (TPSA) is 192 Å². The van der Waals surface area contributed by atoms with Gasteiger partial charge in [0.25, 0.3) is 0 Å². The van der Waals surface area contributed by atoms with Crippen LogP contribution in [-0.2, 0) is 4.74 Å². The molecule has 1 aromatic rings. The molecule has 11 heteroatoms. The van der Waals surface area contributed by atoms with E-state index in [1.54, 1.807) is 18.2 Å². The van der Waals surface area contributed by atoms with Crippen LogP contribution in [-0.4, -0.2) is 80.5 Å². The highest BCUT2D eigenvalue weighted by atomic mass is 16.7. The SMILES string of the molecule is NC1=CC(CCC2(O)C(O)C(CO)OC(Oc3cccc4c3C(=O)C3C(O)=CC(C5CCCCC5)=CC3C4=O)C2O)=CCN1. The Kier molecular flexibility index (Phi) is 8.42. The van der Waals surface area contributed by atoms with E-state index in [0.717, 1.165) is 43.3 Å². The molecule has 3 aliphatic carbocycles. The van der Waals surface area contributed by atoms with Crippen LogP contribution in [0, 0.1) is 17.8 Å². The monoisotopic (exact) mass is 608 g/mol. The van der Waals surface area contributed by atoms with E-state index in [1.807, 2.05) is 12.2 Å². The number of aliphatic hydroxyl groups excluding tert-OH is 4. The van der Waals surface area contributed by atoms with Crippen molar-refractivity contribution in [3.05, 3.63) is 76.4 Å². The maximum atomic E-state index is 13.9. The van der Waals surface area contributed by atoms with Crippen LogP contribution in [0.4, 0.5) is 0 Å². The number of allylic oxidation sites excluding steroid dienone is 6. The molecule has 0 aromatic heterocycles. The lowest BCUT2D eigenvalue weighted by atomic mass is 9.68. The number of aliphatic hydroxyl groups is 5. The molecule has 0 bridgehead atoms. The van der Waals surface area contributed by atoms with Crippen LogP contribution in [0.5, 0.6) is 5.75 Å². The van der Waals surface area contributed by atoms with Crippen molar-refractivity contribution in [1.82, 2.24) is 5.32 Å². The zero-order valence-corrected chi connectivity index (χ0v) is 24.4. The van der Waals surface area contributed by atoms with E-state index < -0.39 is 54.4 Å². The molecule has 1 saturated heterocycles. The number of Topliss-reactive ketones (excluding diaryl/α,β-unsaturated/α-hetero) is 2. The molecule has 7 atom stereocenters. The van der Waals surface area contributed by atoms with E-state index in [9.17, 15) is 35.1 Å². The second-order valence-electron chi connectivity index (χ2n) is 12.5. The molecular formula is C33H40N2O9. The standard InChI is InChI=1S/C33H40N2O9/c34-25-13-17(10-12-35-25)9-11-33(42)30(40)24(16-36)44-32(31(33)41)43-23-8-4-7-20-27(23)29(39)26-21(28(20)38)14-19(15-22(26)37)18-5-2-1-3-6-18/h4,7-8,10,13-15,18,21,24,26,30-32,35-37,40-42H,1-3,5-6,9,11-12,16,34H2. The van der Waals surface area contributed by atoms with Crippen LogP contribution in [0.1, 0.15) is 65.7 Å². The third-order valence-corrected chi connectivity index (χ3v) is 9.76. The summed E-state index contributed by atoms with van der Waals surface area (Å²) < 4.78 is 11.7. The van der Waals surface area contributed by atoms with Crippen molar-refractivity contribution in [2.75, 3.05) is 13.2 Å². The maximum absolute atomic E-state index is 13.9. The fourth-order valence-electron chi connectivity index (χ4n) is 7.27. The first-order valence-corrected chi connectivity index (χ1v) is 15.4. The van der Waals surface area contributed by atoms with Crippen molar-refractivity contribution in [2.24, 2.45) is 23.5 Å². The molecular weight excluding hydrogens is 568 g/mol. The summed E-state index contributed by atoms with van der Waals surface area (Å²) in [4.78, 5) is 27.7. The van der Waals surface area contributed by atoms with Crippen LogP contribution in [0.25, 0.3) is 0 Å². The minimum Gasteiger partial charge on any atom is -0.511 e. The van der Waals surface area contributed by atoms with Gasteiger partial charge >= 0.3 is 0 Å². The number of nitrogens with one attached hydrogen (secondary N) is 1. The first-order valence-electron chi connectivity index (χ1n) is 15.4. The van der Waals surface area contributed by atoms with Gasteiger partial charge in [-0.1, -0.05) is 43.5 Å². The quantitative estimate of drug-likeness (QED) is 0.239. The molecule has 236 valence electrons. The lowest BCUT2D eigenvalue weighted by Gasteiger charge is -2.48. The van der Waals surface area contributed by atoms with Crippen molar-refractivity contribution >= 4 is 11.6 Å². The molecule has 0 spiro atoms. The van der Waals surface area contributed by atoms with Crippen molar-refractivity contribution in [1.29, 1.82) is 0 Å². The Morgan fingerprint density at radius 1 is 1.07 bits per heavy atom. The molecule has 7 unspecified atom stereocenters. The Hall–Kier alpha value is -3.48. The molecule has 6 rings (SSSR count). The molecule has 0 radical (unpaired) electrons. The van der Waals surface area contributed by atoms with E-state index in [1.165, 1.54) is 12.1 Å². The average molecular weight is 609 g/mol. The second-order valence-corrected chi connectivity index (χ2v) is 12.5. The lowest BCUT2D eigenvalue weighted by molar-refractivity contribution is -0.315. The summed E-state index contributed by atoms with van der Waals surface area (Å²) in [6, 6.07) is 4.52. The Morgan fingerprint density at radius 3 is 2.57 bits per heavy atom. The summed E-state index contributed by atoms with van der Waals surface area (Å²) in [6.45, 7) is -0.191. The maximum Gasteiger partial charge on any atom is 0.229 e. The van der Waals surface area contributed by atoms with Crippen molar-refractivity contribution in [2.45, 2.75) is 75.1 Å². The molecule has 2 fully saturated rings. The zero-order chi connectivity index (χ0) is 31.2. The van der Waals surface area contributed by atoms with Crippen LogP contribution in [0.15, 0.2) is 65.2 Å². The molecule has 11 nitrogen and oxygen atoms in total. The van der Waals surface area contributed by atoms with Gasteiger partial charge in [-0.2, -0.15) is 0 Å². The average Bonchev–Trinajstić information content (AvgIpc) is 3.03. The fraction of sp³-hybridized carbons (Fsp3) is 0.515. The predicted octanol–water partition coefficient (Wildman–Crippen LogP) is 1.92. The van der Waals surface area contributed by atoms with Crippen molar-refractivity contribution in [3.63, 3.8) is 0 Å². The molecule has 5 aliphatic rings. The van der Waals surface area contributed by atoms with Gasteiger partial charge in [0.2, 0.25) is 6.29 Å². The van der Waals surface area contributed by atoms with Gasteiger partial charge in [0.15, 0.2) is 11.6 Å². The van der Waals surface area contributed by atoms with Crippen LogP contribution >= 0.6 is 0 Å². The largest absolute Gasteiger partial charge is 0.511 e. The first kappa shape index (κ1) is 30.5. The van der Waals surface area contributed by atoms with Crippen molar-refractivity contribution in [3.8, 4) is 5.75 Å². The van der Waals surface area contributed by atoms with Gasteiger partial charge in [-0.15, -0.1) is 0 Å². The number of fused-ring (bicyclic) bond motifs is 2. The van der Waals surface area contributed by atoms with E-state index in [4.69, 9.17) is 15.2 Å². The highest BCUT2D eigenvalue weighted by Crippen LogP contribution is 2.45. The number of carbonyl (C=O) groups excluding carboxylic acids is 2. The number of hydrogen-bond donors (Lipinski definition) is 7. The Morgan fingerprint density at radius 2 is 1.84 bits per heavy atom. The van der Waals surface area contributed by atoms with E-state index in [0.29, 0.717) is 12.4 Å². The van der Waals surface area contributed by atoms with E-state index >= 15 is 0 Å². The minimum atomic E-state index is -2.16. The number of benzene rings is 1. The molecule has 1 saturated carbocycles. The molecule has 0 amide bonds. The summed E-state index contributed by atoms with van der Waals surface area (Å²) in [5.74, 6) is -2.32. The Bertz CT molecular complexity index is 1440. The van der Waals surface area contributed by atoms with Gasteiger partial charge in [0.1, 0.15) is 35.4 Å². The number of ether oxygens (including phenoxy) is 2. The summed E-state index contributed by atoms with van der Waals surface area (Å²) in [5.41, 5.74) is 5.44. The number of dihydropyridines is 1. The normalized spacial score (nSPS) is 34.1. The minimum absolute atomic E-state index is 0.0558. The van der Waals surface area contributed by atoms with Gasteiger partial charge in [0, 0.05) is 12.1 Å². The van der Waals surface area contributed by atoms with Gasteiger partial charge in [-0.3, -0.25) is 9.59 Å². The Labute approximate surface area is 255 Å². The molecule has 8 N–H and O–H groups in total. The zero-order valence-electron chi connectivity index (χ0n) is 24.4. The molecule has 44 heavy (non-hydrogen) atoms. The summed E-state index contributed by atoms with van der Waals surface area (Å²) >= 11 is 0. The molecule has 2 heterocycles. The molecule has 2 aliphatic heterocycles. The van der Waals surface area contributed by atoms with Crippen molar-refractivity contribution < 1.29 is 44.6 Å². The molecule has 1 aromatic carbocycles. The number of ketones is 2. The summed E-state index contributed by atoms with van der Waals surface area (Å²) in [7, 11) is 0. The summed E-state index contributed by atoms with van der Waals surface area (Å²) in [5, 5.41) is 57.7. The number of rotatable bonds is 7. The van der Waals surface area contributed by atoms with E-state index in [-0.39, 0.29) is 47.2 Å². The third kappa shape index (κ3) is 5.37. The van der Waals surface area contributed by atoms with Gasteiger partial charge < -0.3 is 46.1 Å². The Balaban J connectivity index is 1.28.